The van der Waals surface area contributed by atoms with Crippen molar-refractivity contribution in [3.8, 4) is 0 Å². The molecule has 0 radical (unpaired) electrons. The quantitative estimate of drug-likeness (QED) is 0.836. The van der Waals surface area contributed by atoms with Gasteiger partial charge >= 0.3 is 0 Å². The zero-order valence-electron chi connectivity index (χ0n) is 11.5. The minimum Gasteiger partial charge on any atom is -0.368 e. The van der Waals surface area contributed by atoms with Crippen LogP contribution in [0.1, 0.15) is 13.3 Å². The molecular formula is C15H18Cl2N2O. The van der Waals surface area contributed by atoms with Gasteiger partial charge in [-0.2, -0.15) is 0 Å². The number of hydrogen-bond donors (Lipinski definition) is 0. The first-order valence-corrected chi connectivity index (χ1v) is 7.80. The van der Waals surface area contributed by atoms with Gasteiger partial charge in [0.05, 0.1) is 10.0 Å². The summed E-state index contributed by atoms with van der Waals surface area (Å²) in [6.45, 7) is 5.44. The van der Waals surface area contributed by atoms with Crippen molar-refractivity contribution in [1.82, 2.24) is 4.90 Å². The average Bonchev–Trinajstić information content (AvgIpc) is 3.18. The first-order valence-electron chi connectivity index (χ1n) is 7.05. The summed E-state index contributed by atoms with van der Waals surface area (Å²) in [7, 11) is 0. The van der Waals surface area contributed by atoms with Crippen molar-refractivity contribution in [3.63, 3.8) is 0 Å². The topological polar surface area (TPSA) is 23.6 Å². The van der Waals surface area contributed by atoms with Gasteiger partial charge in [-0.1, -0.05) is 30.1 Å². The molecule has 2 fully saturated rings. The van der Waals surface area contributed by atoms with Gasteiger partial charge in [-0.3, -0.25) is 4.79 Å². The Hall–Kier alpha value is -0.930. The number of amides is 1. The van der Waals surface area contributed by atoms with Crippen LogP contribution in [0.5, 0.6) is 0 Å². The van der Waals surface area contributed by atoms with Crippen molar-refractivity contribution >= 4 is 34.8 Å². The highest BCUT2D eigenvalue weighted by Crippen LogP contribution is 2.39. The summed E-state index contributed by atoms with van der Waals surface area (Å²) in [6.07, 6.45) is 1.06. The fourth-order valence-electron chi connectivity index (χ4n) is 2.77. The number of hydrogen-bond acceptors (Lipinski definition) is 2. The summed E-state index contributed by atoms with van der Waals surface area (Å²) < 4.78 is 0. The first-order chi connectivity index (χ1) is 9.56. The van der Waals surface area contributed by atoms with Gasteiger partial charge in [-0.15, -0.1) is 0 Å². The van der Waals surface area contributed by atoms with Crippen LogP contribution in [0.15, 0.2) is 18.2 Å². The Morgan fingerprint density at radius 3 is 2.35 bits per heavy atom. The molecule has 1 aliphatic heterocycles. The van der Waals surface area contributed by atoms with Gasteiger partial charge < -0.3 is 9.80 Å². The van der Waals surface area contributed by atoms with Gasteiger partial charge in [0.1, 0.15) is 0 Å². The third kappa shape index (κ3) is 2.75. The van der Waals surface area contributed by atoms with Gasteiger partial charge in [0, 0.05) is 37.8 Å². The second-order valence-corrected chi connectivity index (χ2v) is 6.54. The number of anilines is 1. The van der Waals surface area contributed by atoms with E-state index in [1.165, 1.54) is 0 Å². The lowest BCUT2D eigenvalue weighted by molar-refractivity contribution is -0.133. The maximum atomic E-state index is 12.2. The molecule has 0 N–H and O–H groups in total. The number of nitrogens with zero attached hydrogens (tertiary/aromatic N) is 2. The van der Waals surface area contributed by atoms with Gasteiger partial charge in [-0.05, 0) is 30.5 Å². The smallest absolute Gasteiger partial charge is 0.226 e. The molecule has 3 nitrogen and oxygen atoms in total. The van der Waals surface area contributed by atoms with E-state index < -0.39 is 0 Å². The summed E-state index contributed by atoms with van der Waals surface area (Å²) >= 11 is 12.0. The van der Waals surface area contributed by atoms with Gasteiger partial charge in [0.25, 0.3) is 0 Å². The molecule has 1 aliphatic carbocycles. The lowest BCUT2D eigenvalue weighted by Crippen LogP contribution is -2.49. The molecule has 0 spiro atoms. The molecule has 1 saturated heterocycles. The summed E-state index contributed by atoms with van der Waals surface area (Å²) in [4.78, 5) is 16.4. The summed E-state index contributed by atoms with van der Waals surface area (Å²) in [6, 6.07) is 5.70. The van der Waals surface area contributed by atoms with Gasteiger partial charge in [0.2, 0.25) is 5.91 Å². The molecule has 0 bridgehead atoms. The van der Waals surface area contributed by atoms with Crippen LogP contribution in [0, 0.1) is 11.8 Å². The number of carbonyl (C=O) groups excluding carboxylic acids is 1. The van der Waals surface area contributed by atoms with E-state index in [1.54, 1.807) is 0 Å². The molecule has 1 aromatic carbocycles. The molecule has 2 aliphatic rings. The molecule has 2 atom stereocenters. The van der Waals surface area contributed by atoms with Crippen molar-refractivity contribution in [1.29, 1.82) is 0 Å². The molecule has 1 heterocycles. The van der Waals surface area contributed by atoms with Crippen LogP contribution < -0.4 is 4.90 Å². The Morgan fingerprint density at radius 2 is 1.80 bits per heavy atom. The van der Waals surface area contributed by atoms with E-state index in [4.69, 9.17) is 23.2 Å². The van der Waals surface area contributed by atoms with Crippen LogP contribution in [-0.2, 0) is 4.79 Å². The monoisotopic (exact) mass is 312 g/mol. The van der Waals surface area contributed by atoms with E-state index in [-0.39, 0.29) is 5.92 Å². The van der Waals surface area contributed by atoms with E-state index in [2.05, 4.69) is 11.8 Å². The minimum atomic E-state index is 0.284. The van der Waals surface area contributed by atoms with Crippen LogP contribution in [0.3, 0.4) is 0 Å². The Kier molecular flexibility index (Phi) is 3.83. The second-order valence-electron chi connectivity index (χ2n) is 5.73. The first kappa shape index (κ1) is 14.0. The van der Waals surface area contributed by atoms with Crippen molar-refractivity contribution in [3.05, 3.63) is 28.2 Å². The van der Waals surface area contributed by atoms with E-state index in [0.717, 1.165) is 38.3 Å². The Balaban J connectivity index is 1.60. The van der Waals surface area contributed by atoms with Crippen LogP contribution in [0.25, 0.3) is 0 Å². The van der Waals surface area contributed by atoms with Crippen molar-refractivity contribution < 1.29 is 4.79 Å². The highest BCUT2D eigenvalue weighted by molar-refractivity contribution is 6.42. The van der Waals surface area contributed by atoms with Crippen LogP contribution >= 0.6 is 23.2 Å². The second kappa shape index (κ2) is 5.45. The molecule has 108 valence electrons. The maximum absolute atomic E-state index is 12.2. The molecule has 3 rings (SSSR count). The van der Waals surface area contributed by atoms with Crippen molar-refractivity contribution in [2.24, 2.45) is 11.8 Å². The van der Waals surface area contributed by atoms with E-state index in [0.29, 0.717) is 21.9 Å². The van der Waals surface area contributed by atoms with Crippen LogP contribution in [0.2, 0.25) is 10.0 Å². The van der Waals surface area contributed by atoms with Gasteiger partial charge in [-0.25, -0.2) is 0 Å². The predicted molar refractivity (Wildman–Crippen MR) is 82.5 cm³/mol. The lowest BCUT2D eigenvalue weighted by atomic mass is 10.2. The molecular weight excluding hydrogens is 295 g/mol. The Morgan fingerprint density at radius 1 is 1.15 bits per heavy atom. The average molecular weight is 313 g/mol. The highest BCUT2D eigenvalue weighted by atomic mass is 35.5. The standard InChI is InChI=1S/C15H18Cl2N2O/c1-10-8-12(10)15(20)19-6-4-18(5-7-19)11-2-3-13(16)14(17)9-11/h2-3,9-10,12H,4-8H2,1H3/t10-,12-/m1/s1. The molecule has 1 amide bonds. The molecule has 5 heteroatoms. The number of halogens is 2. The largest absolute Gasteiger partial charge is 0.368 e. The Labute approximate surface area is 129 Å². The van der Waals surface area contributed by atoms with Crippen LogP contribution in [-0.4, -0.2) is 37.0 Å². The van der Waals surface area contributed by atoms with Crippen LogP contribution in [0.4, 0.5) is 5.69 Å². The summed E-state index contributed by atoms with van der Waals surface area (Å²) in [5.74, 6) is 1.20. The third-order valence-corrected chi connectivity index (χ3v) is 5.03. The third-order valence-electron chi connectivity index (χ3n) is 4.29. The summed E-state index contributed by atoms with van der Waals surface area (Å²) in [5.41, 5.74) is 1.08. The molecule has 20 heavy (non-hydrogen) atoms. The zero-order valence-corrected chi connectivity index (χ0v) is 13.0. The summed E-state index contributed by atoms with van der Waals surface area (Å²) in [5, 5.41) is 1.15. The maximum Gasteiger partial charge on any atom is 0.226 e. The number of rotatable bonds is 2. The SMILES string of the molecule is C[C@@H]1C[C@H]1C(=O)N1CCN(c2ccc(Cl)c(Cl)c2)CC1. The Bertz CT molecular complexity index is 527. The van der Waals surface area contributed by atoms with E-state index >= 15 is 0 Å². The molecule has 1 saturated carbocycles. The predicted octanol–water partition coefficient (Wildman–Crippen LogP) is 3.30. The van der Waals surface area contributed by atoms with E-state index in [1.807, 2.05) is 23.1 Å². The number of carbonyl (C=O) groups is 1. The minimum absolute atomic E-state index is 0.284. The fourth-order valence-corrected chi connectivity index (χ4v) is 3.06. The molecule has 0 unspecified atom stereocenters. The van der Waals surface area contributed by atoms with Crippen molar-refractivity contribution in [2.45, 2.75) is 13.3 Å². The molecule has 0 aromatic heterocycles. The lowest BCUT2D eigenvalue weighted by Gasteiger charge is -2.36. The number of benzene rings is 1. The number of piperazine rings is 1. The fraction of sp³-hybridized carbons (Fsp3) is 0.533. The highest BCUT2D eigenvalue weighted by Gasteiger charge is 2.41. The van der Waals surface area contributed by atoms with Gasteiger partial charge in [0.15, 0.2) is 0 Å². The normalized spacial score (nSPS) is 25.8. The van der Waals surface area contributed by atoms with E-state index in [9.17, 15) is 4.79 Å². The molecule has 1 aromatic rings. The van der Waals surface area contributed by atoms with Crippen molar-refractivity contribution in [2.75, 3.05) is 31.1 Å². The zero-order chi connectivity index (χ0) is 14.3.